The third-order valence-corrected chi connectivity index (χ3v) is 2.57. The van der Waals surface area contributed by atoms with Gasteiger partial charge in [-0.1, -0.05) is 5.16 Å². The predicted octanol–water partition coefficient (Wildman–Crippen LogP) is -0.0455. The number of aryl methyl sites for hydroxylation is 1. The van der Waals surface area contributed by atoms with Crippen LogP contribution in [0, 0.1) is 6.92 Å². The number of nitrogens with two attached hydrogens (primary N) is 1. The summed E-state index contributed by atoms with van der Waals surface area (Å²) >= 11 is 0. The Hall–Kier alpha value is -1.40. The van der Waals surface area contributed by atoms with Crippen molar-refractivity contribution in [2.75, 3.05) is 25.0 Å². The minimum atomic E-state index is -0.0811. The number of carbonyl (C=O) groups excluding carboxylic acids is 1. The van der Waals surface area contributed by atoms with Crippen LogP contribution in [0.25, 0.3) is 0 Å². The third-order valence-electron chi connectivity index (χ3n) is 2.57. The van der Waals surface area contributed by atoms with Crippen molar-refractivity contribution < 1.29 is 9.32 Å². The van der Waals surface area contributed by atoms with Crippen LogP contribution in [-0.2, 0) is 4.79 Å². The fraction of sp³-hybridized carbons (Fsp3) is 0.600. The molecule has 1 aromatic heterocycles. The van der Waals surface area contributed by atoms with Crippen LogP contribution in [0.4, 0.5) is 5.82 Å². The van der Waals surface area contributed by atoms with E-state index in [0.717, 1.165) is 19.5 Å². The van der Waals surface area contributed by atoms with E-state index >= 15 is 0 Å². The van der Waals surface area contributed by atoms with Gasteiger partial charge in [0.1, 0.15) is 5.76 Å². The van der Waals surface area contributed by atoms with Crippen molar-refractivity contribution in [2.45, 2.75) is 19.4 Å². The maximum Gasteiger partial charge on any atom is 0.239 e. The van der Waals surface area contributed by atoms with E-state index in [1.165, 1.54) is 0 Å². The Morgan fingerprint density at radius 3 is 3.19 bits per heavy atom. The Labute approximate surface area is 93.8 Å². The molecule has 0 bridgehead atoms. The van der Waals surface area contributed by atoms with E-state index < -0.39 is 0 Å². The number of anilines is 1. The third kappa shape index (κ3) is 2.80. The molecule has 0 aliphatic carbocycles. The molecule has 1 amide bonds. The number of hydrogen-bond donors (Lipinski definition) is 2. The van der Waals surface area contributed by atoms with Crippen molar-refractivity contribution in [2.24, 2.45) is 5.73 Å². The predicted molar refractivity (Wildman–Crippen MR) is 58.9 cm³/mol. The Bertz CT molecular complexity index is 377. The molecule has 6 nitrogen and oxygen atoms in total. The summed E-state index contributed by atoms with van der Waals surface area (Å²) in [5.74, 6) is 1.06. The second kappa shape index (κ2) is 4.63. The minimum Gasteiger partial charge on any atom is -0.360 e. The Morgan fingerprint density at radius 2 is 2.62 bits per heavy atom. The zero-order valence-electron chi connectivity index (χ0n) is 9.27. The highest BCUT2D eigenvalue weighted by Gasteiger charge is 2.21. The molecule has 3 N–H and O–H groups in total. The van der Waals surface area contributed by atoms with Crippen LogP contribution < -0.4 is 11.1 Å². The van der Waals surface area contributed by atoms with Gasteiger partial charge in [-0.2, -0.15) is 0 Å². The normalized spacial score (nSPS) is 21.2. The summed E-state index contributed by atoms with van der Waals surface area (Å²) in [6.45, 7) is 3.81. The lowest BCUT2D eigenvalue weighted by molar-refractivity contribution is -0.117. The van der Waals surface area contributed by atoms with E-state index in [1.807, 2.05) is 4.90 Å². The Morgan fingerprint density at radius 1 is 1.81 bits per heavy atom. The number of nitrogens with one attached hydrogen (secondary N) is 1. The molecule has 0 radical (unpaired) electrons. The van der Waals surface area contributed by atoms with Crippen molar-refractivity contribution >= 4 is 11.7 Å². The first kappa shape index (κ1) is 11.1. The molecule has 0 spiro atoms. The van der Waals surface area contributed by atoms with Crippen LogP contribution in [-0.4, -0.2) is 41.6 Å². The maximum absolute atomic E-state index is 11.6. The van der Waals surface area contributed by atoms with Crippen LogP contribution >= 0.6 is 0 Å². The SMILES string of the molecule is Cc1cc(NC(=O)CN2CC[C@H](N)C2)no1. The number of aromatic nitrogens is 1. The molecule has 2 rings (SSSR count). The number of rotatable bonds is 3. The largest absolute Gasteiger partial charge is 0.360 e. The van der Waals surface area contributed by atoms with E-state index in [2.05, 4.69) is 10.5 Å². The molecule has 16 heavy (non-hydrogen) atoms. The fourth-order valence-corrected chi connectivity index (χ4v) is 1.82. The van der Waals surface area contributed by atoms with Gasteiger partial charge in [-0.3, -0.25) is 9.69 Å². The van der Waals surface area contributed by atoms with Gasteiger partial charge in [0.2, 0.25) is 5.91 Å². The van der Waals surface area contributed by atoms with Gasteiger partial charge in [-0.15, -0.1) is 0 Å². The average molecular weight is 224 g/mol. The van der Waals surface area contributed by atoms with E-state index in [1.54, 1.807) is 13.0 Å². The van der Waals surface area contributed by atoms with E-state index in [9.17, 15) is 4.79 Å². The van der Waals surface area contributed by atoms with Gasteiger partial charge in [0, 0.05) is 25.2 Å². The van der Waals surface area contributed by atoms with Crippen molar-refractivity contribution in [1.82, 2.24) is 10.1 Å². The second-order valence-electron chi connectivity index (χ2n) is 4.15. The molecule has 6 heteroatoms. The van der Waals surface area contributed by atoms with Gasteiger partial charge < -0.3 is 15.6 Å². The van der Waals surface area contributed by atoms with Gasteiger partial charge in [0.25, 0.3) is 0 Å². The summed E-state index contributed by atoms with van der Waals surface area (Å²) in [5.41, 5.74) is 5.76. The minimum absolute atomic E-state index is 0.0811. The van der Waals surface area contributed by atoms with Gasteiger partial charge >= 0.3 is 0 Å². The number of amides is 1. The molecule has 1 aliphatic heterocycles. The summed E-state index contributed by atoms with van der Waals surface area (Å²) in [7, 11) is 0. The van der Waals surface area contributed by atoms with Crippen molar-refractivity contribution in [3.63, 3.8) is 0 Å². The summed E-state index contributed by atoms with van der Waals surface area (Å²) in [4.78, 5) is 13.6. The van der Waals surface area contributed by atoms with Gasteiger partial charge in [-0.25, -0.2) is 0 Å². The molecule has 88 valence electrons. The highest BCUT2D eigenvalue weighted by molar-refractivity contribution is 5.91. The van der Waals surface area contributed by atoms with Crippen LogP contribution in [0.1, 0.15) is 12.2 Å². The van der Waals surface area contributed by atoms with Crippen LogP contribution in [0.5, 0.6) is 0 Å². The monoisotopic (exact) mass is 224 g/mol. The van der Waals surface area contributed by atoms with E-state index in [4.69, 9.17) is 10.3 Å². The second-order valence-corrected chi connectivity index (χ2v) is 4.15. The standard InChI is InChI=1S/C10H16N4O2/c1-7-4-9(13-16-7)12-10(15)6-14-3-2-8(11)5-14/h4,8H,2-3,5-6,11H2,1H3,(H,12,13,15)/t8-/m0/s1. The zero-order chi connectivity index (χ0) is 11.5. The number of nitrogens with zero attached hydrogens (tertiary/aromatic N) is 2. The van der Waals surface area contributed by atoms with Gasteiger partial charge in [-0.05, 0) is 13.3 Å². The van der Waals surface area contributed by atoms with Crippen molar-refractivity contribution in [1.29, 1.82) is 0 Å². The molecule has 0 saturated carbocycles. The first-order valence-corrected chi connectivity index (χ1v) is 5.34. The van der Waals surface area contributed by atoms with Crippen LogP contribution in [0.3, 0.4) is 0 Å². The molecule has 1 atom stereocenters. The molecular weight excluding hydrogens is 208 g/mol. The molecule has 1 fully saturated rings. The fourth-order valence-electron chi connectivity index (χ4n) is 1.82. The average Bonchev–Trinajstić information content (AvgIpc) is 2.76. The summed E-state index contributed by atoms with van der Waals surface area (Å²) < 4.78 is 4.85. The van der Waals surface area contributed by atoms with Crippen molar-refractivity contribution in [3.8, 4) is 0 Å². The van der Waals surface area contributed by atoms with Gasteiger partial charge in [0.05, 0.1) is 6.54 Å². The lowest BCUT2D eigenvalue weighted by Gasteiger charge is -2.13. The molecule has 0 unspecified atom stereocenters. The molecule has 0 aromatic carbocycles. The topological polar surface area (TPSA) is 84.4 Å². The first-order chi connectivity index (χ1) is 7.63. The number of hydrogen-bond acceptors (Lipinski definition) is 5. The van der Waals surface area contributed by atoms with Gasteiger partial charge in [0.15, 0.2) is 5.82 Å². The number of carbonyl (C=O) groups is 1. The summed E-state index contributed by atoms with van der Waals surface area (Å²) in [6, 6.07) is 1.88. The molecule has 1 aliphatic rings. The van der Waals surface area contributed by atoms with E-state index in [0.29, 0.717) is 18.1 Å². The van der Waals surface area contributed by atoms with Crippen molar-refractivity contribution in [3.05, 3.63) is 11.8 Å². The Balaban J connectivity index is 1.80. The van der Waals surface area contributed by atoms with E-state index in [-0.39, 0.29) is 11.9 Å². The molecular formula is C10H16N4O2. The summed E-state index contributed by atoms with van der Waals surface area (Å²) in [6.07, 6.45) is 0.955. The molecule has 1 aromatic rings. The maximum atomic E-state index is 11.6. The lowest BCUT2D eigenvalue weighted by atomic mass is 10.3. The molecule has 2 heterocycles. The number of likely N-dealkylation sites (tertiary alicyclic amines) is 1. The lowest BCUT2D eigenvalue weighted by Crippen LogP contribution is -2.33. The summed E-state index contributed by atoms with van der Waals surface area (Å²) in [5, 5.41) is 6.37. The quantitative estimate of drug-likeness (QED) is 0.752. The molecule has 1 saturated heterocycles. The Kier molecular flexibility index (Phi) is 3.21. The van der Waals surface area contributed by atoms with Crippen LogP contribution in [0.15, 0.2) is 10.6 Å². The first-order valence-electron chi connectivity index (χ1n) is 5.34. The smallest absolute Gasteiger partial charge is 0.239 e. The highest BCUT2D eigenvalue weighted by atomic mass is 16.5. The zero-order valence-corrected chi connectivity index (χ0v) is 9.27. The van der Waals surface area contributed by atoms with Crippen LogP contribution in [0.2, 0.25) is 0 Å². The highest BCUT2D eigenvalue weighted by Crippen LogP contribution is 2.09.